The minimum atomic E-state index is -4.86. The molecule has 1 aliphatic carbocycles. The number of hydrogen-bond donors (Lipinski definition) is 1. The molecule has 1 fully saturated rings. The summed E-state index contributed by atoms with van der Waals surface area (Å²) in [6, 6.07) is 4.46. The highest BCUT2D eigenvalue weighted by atomic mass is 32.1. The molecule has 0 bridgehead atoms. The number of thiophene rings is 1. The molecule has 8 nitrogen and oxygen atoms in total. The Morgan fingerprint density at radius 2 is 1.94 bits per heavy atom. The molecule has 0 atom stereocenters. The highest BCUT2D eigenvalue weighted by Crippen LogP contribution is 2.33. The number of carbonyl (C=O) groups is 2. The monoisotopic (exact) mass is 481 g/mol. The van der Waals surface area contributed by atoms with Crippen LogP contribution in [0.3, 0.4) is 0 Å². The molecule has 1 saturated carbocycles. The number of aromatic nitrogens is 2. The van der Waals surface area contributed by atoms with Gasteiger partial charge in [0.05, 0.1) is 17.7 Å². The van der Waals surface area contributed by atoms with Crippen molar-refractivity contribution >= 4 is 39.0 Å². The van der Waals surface area contributed by atoms with Crippen LogP contribution in [0.1, 0.15) is 36.7 Å². The summed E-state index contributed by atoms with van der Waals surface area (Å²) in [5, 5.41) is 8.97. The number of halogens is 3. The number of hydrogen-bond acceptors (Lipinski definition) is 7. The molecule has 2 aromatic heterocycles. The fourth-order valence-corrected chi connectivity index (χ4v) is 4.28. The number of amides is 1. The number of esters is 1. The number of benzene rings is 1. The number of ether oxygens (including phenoxy) is 2. The SMILES string of the molecule is CCOC(=O)c1nn(-c2ccc(OC(F)(F)F)cc2)c(=O)c2c(NC(=O)C3CCC3)scc12. The first-order chi connectivity index (χ1) is 15.7. The molecule has 12 heteroatoms. The lowest BCUT2D eigenvalue weighted by Gasteiger charge is -2.23. The lowest BCUT2D eigenvalue weighted by Crippen LogP contribution is -2.29. The van der Waals surface area contributed by atoms with E-state index in [1.54, 1.807) is 6.92 Å². The summed E-state index contributed by atoms with van der Waals surface area (Å²) in [6.07, 6.45) is -2.37. The molecule has 4 rings (SSSR count). The number of nitrogens with zero attached hydrogens (tertiary/aromatic N) is 2. The first-order valence-electron chi connectivity index (χ1n) is 10.1. The fraction of sp³-hybridized carbons (Fsp3) is 0.333. The Balaban J connectivity index is 1.81. The van der Waals surface area contributed by atoms with Gasteiger partial charge in [-0.25, -0.2) is 4.79 Å². The van der Waals surface area contributed by atoms with Gasteiger partial charge in [0.1, 0.15) is 10.8 Å². The zero-order chi connectivity index (χ0) is 23.8. The summed E-state index contributed by atoms with van der Waals surface area (Å²) in [5.41, 5.74) is -0.695. The second-order valence-electron chi connectivity index (χ2n) is 7.30. The van der Waals surface area contributed by atoms with Gasteiger partial charge in [-0.1, -0.05) is 6.42 Å². The molecule has 0 spiro atoms. The van der Waals surface area contributed by atoms with Crippen LogP contribution in [0.15, 0.2) is 34.4 Å². The van der Waals surface area contributed by atoms with E-state index in [2.05, 4.69) is 15.2 Å². The second kappa shape index (κ2) is 8.85. The van der Waals surface area contributed by atoms with E-state index >= 15 is 0 Å². The van der Waals surface area contributed by atoms with Gasteiger partial charge in [0.25, 0.3) is 5.56 Å². The van der Waals surface area contributed by atoms with E-state index in [9.17, 15) is 27.6 Å². The summed E-state index contributed by atoms with van der Waals surface area (Å²) in [7, 11) is 0. The summed E-state index contributed by atoms with van der Waals surface area (Å²) < 4.78 is 47.1. The summed E-state index contributed by atoms with van der Waals surface area (Å²) >= 11 is 1.08. The Morgan fingerprint density at radius 1 is 1.24 bits per heavy atom. The minimum Gasteiger partial charge on any atom is -0.461 e. The average molecular weight is 481 g/mol. The van der Waals surface area contributed by atoms with Crippen molar-refractivity contribution < 1.29 is 32.2 Å². The van der Waals surface area contributed by atoms with Gasteiger partial charge in [-0.05, 0) is 44.0 Å². The maximum atomic E-state index is 13.3. The van der Waals surface area contributed by atoms with Gasteiger partial charge in [0.15, 0.2) is 5.69 Å². The number of fused-ring (bicyclic) bond motifs is 1. The third kappa shape index (κ3) is 4.70. The van der Waals surface area contributed by atoms with Crippen molar-refractivity contribution in [2.75, 3.05) is 11.9 Å². The third-order valence-corrected chi connectivity index (χ3v) is 6.04. The number of alkyl halides is 3. The number of anilines is 1. The van der Waals surface area contributed by atoms with E-state index in [4.69, 9.17) is 4.74 Å². The van der Waals surface area contributed by atoms with Crippen molar-refractivity contribution in [1.29, 1.82) is 0 Å². The van der Waals surface area contributed by atoms with E-state index in [-0.39, 0.29) is 45.6 Å². The van der Waals surface area contributed by atoms with Crippen LogP contribution in [0.4, 0.5) is 18.2 Å². The predicted molar refractivity (Wildman–Crippen MR) is 114 cm³/mol. The van der Waals surface area contributed by atoms with Crippen LogP contribution in [0, 0.1) is 5.92 Å². The number of carbonyl (C=O) groups excluding carboxylic acids is 2. The zero-order valence-electron chi connectivity index (χ0n) is 17.3. The molecule has 33 heavy (non-hydrogen) atoms. The van der Waals surface area contributed by atoms with Gasteiger partial charge in [-0.2, -0.15) is 9.78 Å². The van der Waals surface area contributed by atoms with Gasteiger partial charge in [0.2, 0.25) is 5.91 Å². The zero-order valence-corrected chi connectivity index (χ0v) is 18.1. The van der Waals surface area contributed by atoms with Crippen LogP contribution in [0.5, 0.6) is 5.75 Å². The van der Waals surface area contributed by atoms with E-state index in [0.29, 0.717) is 0 Å². The van der Waals surface area contributed by atoms with Gasteiger partial charge in [-0.15, -0.1) is 24.5 Å². The number of rotatable bonds is 6. The van der Waals surface area contributed by atoms with E-state index < -0.39 is 23.6 Å². The van der Waals surface area contributed by atoms with Crippen LogP contribution >= 0.6 is 11.3 Å². The molecule has 0 saturated heterocycles. The largest absolute Gasteiger partial charge is 0.573 e. The predicted octanol–water partition coefficient (Wildman–Crippen LogP) is 4.26. The lowest BCUT2D eigenvalue weighted by atomic mass is 9.85. The third-order valence-electron chi connectivity index (χ3n) is 5.15. The van der Waals surface area contributed by atoms with Gasteiger partial charge < -0.3 is 14.8 Å². The van der Waals surface area contributed by atoms with Crippen LogP contribution in [-0.4, -0.2) is 34.6 Å². The topological polar surface area (TPSA) is 99.5 Å². The summed E-state index contributed by atoms with van der Waals surface area (Å²) in [6.45, 7) is 1.68. The van der Waals surface area contributed by atoms with Gasteiger partial charge in [0, 0.05) is 16.7 Å². The fourth-order valence-electron chi connectivity index (χ4n) is 3.34. The molecular weight excluding hydrogens is 463 g/mol. The Bertz CT molecular complexity index is 1260. The maximum Gasteiger partial charge on any atom is 0.573 e. The first-order valence-corrected chi connectivity index (χ1v) is 10.9. The normalized spacial score (nSPS) is 14.1. The van der Waals surface area contributed by atoms with E-state index in [0.717, 1.165) is 47.4 Å². The van der Waals surface area contributed by atoms with Crippen molar-refractivity contribution in [3.05, 3.63) is 45.7 Å². The average Bonchev–Trinajstić information content (AvgIpc) is 3.11. The van der Waals surface area contributed by atoms with Crippen molar-refractivity contribution in [2.24, 2.45) is 5.92 Å². The standard InChI is InChI=1S/C21H18F3N3O5S/c1-2-31-20(30)16-14-10-33-18(25-17(28)11-4-3-5-11)15(14)19(29)27(26-16)12-6-8-13(9-7-12)32-21(22,23)24/h6-11H,2-5H2,1H3,(H,25,28). The summed E-state index contributed by atoms with van der Waals surface area (Å²) in [5.74, 6) is -1.59. The molecule has 2 heterocycles. The van der Waals surface area contributed by atoms with Crippen molar-refractivity contribution in [3.63, 3.8) is 0 Å². The van der Waals surface area contributed by atoms with Crippen molar-refractivity contribution in [1.82, 2.24) is 9.78 Å². The van der Waals surface area contributed by atoms with Gasteiger partial charge in [-0.3, -0.25) is 9.59 Å². The van der Waals surface area contributed by atoms with Crippen molar-refractivity contribution in [3.8, 4) is 11.4 Å². The Hall–Kier alpha value is -3.41. The highest BCUT2D eigenvalue weighted by molar-refractivity contribution is 7.16. The number of nitrogens with one attached hydrogen (secondary N) is 1. The molecule has 3 aromatic rings. The lowest BCUT2D eigenvalue weighted by molar-refractivity contribution is -0.274. The molecule has 1 aromatic carbocycles. The molecule has 1 N–H and O–H groups in total. The molecule has 174 valence electrons. The maximum absolute atomic E-state index is 13.3. The highest BCUT2D eigenvalue weighted by Gasteiger charge is 2.31. The molecule has 0 aliphatic heterocycles. The van der Waals surface area contributed by atoms with Gasteiger partial charge >= 0.3 is 12.3 Å². The Labute approximate surface area is 188 Å². The van der Waals surface area contributed by atoms with Crippen LogP contribution in [0.25, 0.3) is 16.5 Å². The molecule has 0 unspecified atom stereocenters. The van der Waals surface area contributed by atoms with E-state index in [1.165, 1.54) is 17.5 Å². The van der Waals surface area contributed by atoms with Crippen LogP contribution in [0.2, 0.25) is 0 Å². The van der Waals surface area contributed by atoms with Crippen LogP contribution < -0.4 is 15.6 Å². The molecular formula is C21H18F3N3O5S. The van der Waals surface area contributed by atoms with Crippen molar-refractivity contribution in [2.45, 2.75) is 32.5 Å². The molecule has 0 radical (unpaired) electrons. The Morgan fingerprint density at radius 3 is 2.52 bits per heavy atom. The van der Waals surface area contributed by atoms with E-state index in [1.807, 2.05) is 0 Å². The second-order valence-corrected chi connectivity index (χ2v) is 8.18. The summed E-state index contributed by atoms with van der Waals surface area (Å²) in [4.78, 5) is 38.3. The first kappa shape index (κ1) is 22.8. The molecule has 1 aliphatic rings. The smallest absolute Gasteiger partial charge is 0.461 e. The molecule has 1 amide bonds. The van der Waals surface area contributed by atoms with Crippen LogP contribution in [-0.2, 0) is 9.53 Å². The quantitative estimate of drug-likeness (QED) is 0.528. The Kier molecular flexibility index (Phi) is 6.11. The minimum absolute atomic E-state index is 0.0695.